The minimum atomic E-state index is -0.720. The van der Waals surface area contributed by atoms with Crippen molar-refractivity contribution >= 4 is 11.3 Å². The third-order valence-electron chi connectivity index (χ3n) is 2.70. The second-order valence-corrected chi connectivity index (χ2v) is 4.70. The lowest BCUT2D eigenvalue weighted by Gasteiger charge is -2.27. The lowest BCUT2D eigenvalue weighted by atomic mass is 9.82. The minimum Gasteiger partial charge on any atom is -0.242 e. The van der Waals surface area contributed by atoms with Gasteiger partial charge in [-0.25, -0.2) is 4.39 Å². The van der Waals surface area contributed by atoms with Crippen molar-refractivity contribution < 1.29 is 4.39 Å². The van der Waals surface area contributed by atoms with Crippen molar-refractivity contribution in [2.75, 3.05) is 0 Å². The van der Waals surface area contributed by atoms with Gasteiger partial charge in [-0.15, -0.1) is 11.3 Å². The van der Waals surface area contributed by atoms with Gasteiger partial charge in [-0.3, -0.25) is 0 Å². The van der Waals surface area contributed by atoms with Crippen molar-refractivity contribution in [3.05, 3.63) is 21.9 Å². The first kappa shape index (κ1) is 8.24. The summed E-state index contributed by atoms with van der Waals surface area (Å²) in [6, 6.07) is 1.94. The van der Waals surface area contributed by atoms with E-state index in [0.29, 0.717) is 5.92 Å². The van der Waals surface area contributed by atoms with Crippen LogP contribution in [0.5, 0.6) is 0 Å². The van der Waals surface area contributed by atoms with Crippen LogP contribution in [0.25, 0.3) is 0 Å². The Hall–Kier alpha value is -0.370. The van der Waals surface area contributed by atoms with E-state index in [0.717, 1.165) is 12.0 Å². The molecule has 0 radical (unpaired) electrons. The number of alkyl halides is 1. The summed E-state index contributed by atoms with van der Waals surface area (Å²) in [4.78, 5) is 1.26. The minimum absolute atomic E-state index is 0.196. The molecule has 0 nitrogen and oxygen atoms in total. The van der Waals surface area contributed by atoms with Gasteiger partial charge in [-0.2, -0.15) is 0 Å². The molecule has 0 amide bonds. The van der Waals surface area contributed by atoms with Crippen LogP contribution in [0.2, 0.25) is 0 Å². The Labute approximate surface area is 76.4 Å². The van der Waals surface area contributed by atoms with E-state index in [2.05, 4.69) is 6.92 Å². The maximum atomic E-state index is 13.6. The lowest BCUT2D eigenvalue weighted by Crippen LogP contribution is -2.15. The van der Waals surface area contributed by atoms with E-state index in [9.17, 15) is 4.39 Å². The SMILES string of the molecule is CC1CC(C)C(F)c2ccsc21. The quantitative estimate of drug-likeness (QED) is 0.573. The average molecular weight is 184 g/mol. The number of halogens is 1. The summed E-state index contributed by atoms with van der Waals surface area (Å²) in [5.74, 6) is 0.754. The topological polar surface area (TPSA) is 0 Å². The molecular formula is C10H13FS. The van der Waals surface area contributed by atoms with Crippen molar-refractivity contribution in [2.24, 2.45) is 5.92 Å². The Morgan fingerprint density at radius 2 is 2.25 bits per heavy atom. The van der Waals surface area contributed by atoms with Crippen molar-refractivity contribution in [2.45, 2.75) is 32.4 Å². The normalized spacial score (nSPS) is 34.8. The predicted octanol–water partition coefficient (Wildman–Crippen LogP) is 3.90. The number of thiophene rings is 1. The zero-order valence-electron chi connectivity index (χ0n) is 7.38. The standard InChI is InChI=1S/C10H13FS/c1-6-5-7(2)10-8(9(6)11)3-4-12-10/h3-4,6-7,9H,5H2,1-2H3. The van der Waals surface area contributed by atoms with E-state index in [4.69, 9.17) is 0 Å². The first-order valence-corrected chi connectivity index (χ1v) is 5.29. The van der Waals surface area contributed by atoms with Gasteiger partial charge in [-0.1, -0.05) is 13.8 Å². The Morgan fingerprint density at radius 1 is 1.50 bits per heavy atom. The van der Waals surface area contributed by atoms with E-state index in [1.165, 1.54) is 4.88 Å². The third-order valence-corrected chi connectivity index (χ3v) is 3.86. The lowest BCUT2D eigenvalue weighted by molar-refractivity contribution is 0.212. The summed E-state index contributed by atoms with van der Waals surface area (Å²) in [6.45, 7) is 4.19. The first-order chi connectivity index (χ1) is 5.70. The molecule has 0 saturated heterocycles. The summed E-state index contributed by atoms with van der Waals surface area (Å²) < 4.78 is 13.6. The molecule has 0 aromatic carbocycles. The highest BCUT2D eigenvalue weighted by Gasteiger charge is 2.31. The van der Waals surface area contributed by atoms with Gasteiger partial charge < -0.3 is 0 Å². The molecule has 3 unspecified atom stereocenters. The first-order valence-electron chi connectivity index (χ1n) is 4.41. The highest BCUT2D eigenvalue weighted by molar-refractivity contribution is 7.10. The average Bonchev–Trinajstić information content (AvgIpc) is 2.48. The molecule has 1 aliphatic carbocycles. The van der Waals surface area contributed by atoms with E-state index in [1.807, 2.05) is 18.4 Å². The largest absolute Gasteiger partial charge is 0.242 e. The molecule has 2 rings (SSSR count). The van der Waals surface area contributed by atoms with Crippen molar-refractivity contribution in [1.82, 2.24) is 0 Å². The summed E-state index contributed by atoms with van der Waals surface area (Å²) >= 11 is 1.70. The van der Waals surface area contributed by atoms with E-state index < -0.39 is 6.17 Å². The van der Waals surface area contributed by atoms with Gasteiger partial charge in [0.1, 0.15) is 6.17 Å². The molecule has 0 fully saturated rings. The second kappa shape index (κ2) is 2.84. The summed E-state index contributed by atoms with van der Waals surface area (Å²) in [5, 5.41) is 2.01. The molecule has 0 spiro atoms. The van der Waals surface area contributed by atoms with E-state index >= 15 is 0 Å². The molecule has 0 saturated carbocycles. The number of rotatable bonds is 0. The molecule has 1 aromatic heterocycles. The van der Waals surface area contributed by atoms with Gasteiger partial charge in [-0.05, 0) is 29.7 Å². The van der Waals surface area contributed by atoms with Crippen LogP contribution >= 0.6 is 11.3 Å². The predicted molar refractivity (Wildman–Crippen MR) is 50.4 cm³/mol. The van der Waals surface area contributed by atoms with Crippen LogP contribution in [-0.2, 0) is 0 Å². The van der Waals surface area contributed by atoms with Gasteiger partial charge in [0, 0.05) is 10.4 Å². The van der Waals surface area contributed by atoms with Crippen LogP contribution in [0.15, 0.2) is 11.4 Å². The zero-order chi connectivity index (χ0) is 8.72. The van der Waals surface area contributed by atoms with Crippen LogP contribution in [-0.4, -0.2) is 0 Å². The molecule has 0 aliphatic heterocycles. The molecule has 1 aromatic rings. The fourth-order valence-corrected chi connectivity index (χ4v) is 3.06. The summed E-state index contributed by atoms with van der Waals surface area (Å²) in [5.41, 5.74) is 0.950. The third kappa shape index (κ3) is 1.09. The molecule has 2 heteroatoms. The molecule has 3 atom stereocenters. The van der Waals surface area contributed by atoms with Crippen molar-refractivity contribution in [1.29, 1.82) is 0 Å². The Kier molecular flexibility index (Phi) is 1.95. The van der Waals surface area contributed by atoms with Gasteiger partial charge >= 0.3 is 0 Å². The van der Waals surface area contributed by atoms with Gasteiger partial charge in [0.2, 0.25) is 0 Å². The fraction of sp³-hybridized carbons (Fsp3) is 0.600. The maximum Gasteiger partial charge on any atom is 0.129 e. The monoisotopic (exact) mass is 184 g/mol. The van der Waals surface area contributed by atoms with Crippen LogP contribution in [0, 0.1) is 5.92 Å². The maximum absolute atomic E-state index is 13.6. The van der Waals surface area contributed by atoms with Crippen LogP contribution in [0.3, 0.4) is 0 Å². The molecular weight excluding hydrogens is 171 g/mol. The molecule has 0 N–H and O–H groups in total. The van der Waals surface area contributed by atoms with Gasteiger partial charge in [0.05, 0.1) is 0 Å². The van der Waals surface area contributed by atoms with Crippen LogP contribution in [0.4, 0.5) is 4.39 Å². The number of hydrogen-bond acceptors (Lipinski definition) is 1. The number of hydrogen-bond donors (Lipinski definition) is 0. The zero-order valence-corrected chi connectivity index (χ0v) is 8.20. The highest BCUT2D eigenvalue weighted by Crippen LogP contribution is 2.45. The van der Waals surface area contributed by atoms with Gasteiger partial charge in [0.15, 0.2) is 0 Å². The number of fused-ring (bicyclic) bond motifs is 1. The molecule has 1 heterocycles. The summed E-state index contributed by atoms with van der Waals surface area (Å²) in [7, 11) is 0. The van der Waals surface area contributed by atoms with Crippen molar-refractivity contribution in [3.8, 4) is 0 Å². The van der Waals surface area contributed by atoms with E-state index in [-0.39, 0.29) is 5.92 Å². The van der Waals surface area contributed by atoms with Crippen LogP contribution in [0.1, 0.15) is 42.8 Å². The fourth-order valence-electron chi connectivity index (χ4n) is 2.05. The van der Waals surface area contributed by atoms with E-state index in [1.54, 1.807) is 11.3 Å². The molecule has 0 bridgehead atoms. The highest BCUT2D eigenvalue weighted by atomic mass is 32.1. The summed E-state index contributed by atoms with van der Waals surface area (Å²) in [6.07, 6.45) is 0.275. The smallest absolute Gasteiger partial charge is 0.129 e. The van der Waals surface area contributed by atoms with Gasteiger partial charge in [0.25, 0.3) is 0 Å². The molecule has 12 heavy (non-hydrogen) atoms. The molecule has 66 valence electrons. The Morgan fingerprint density at radius 3 is 3.00 bits per heavy atom. The molecule has 1 aliphatic rings. The Bertz CT molecular complexity index is 279. The second-order valence-electron chi connectivity index (χ2n) is 3.76. The van der Waals surface area contributed by atoms with Crippen LogP contribution < -0.4 is 0 Å². The van der Waals surface area contributed by atoms with Crippen molar-refractivity contribution in [3.63, 3.8) is 0 Å². The Balaban J connectivity index is 2.43.